The number of nitrogens with zero attached hydrogens (tertiary/aromatic N) is 2. The first kappa shape index (κ1) is 11.4. The van der Waals surface area contributed by atoms with Crippen LogP contribution in [0.15, 0.2) is 16.9 Å². The molecule has 16 heavy (non-hydrogen) atoms. The second kappa shape index (κ2) is 4.84. The molecule has 2 rings (SSSR count). The van der Waals surface area contributed by atoms with Crippen molar-refractivity contribution in [3.05, 3.63) is 18.0 Å². The number of hydrogen-bond acceptors (Lipinski definition) is 4. The summed E-state index contributed by atoms with van der Waals surface area (Å²) in [7, 11) is 0. The molecule has 6 heteroatoms. The monoisotopic (exact) mass is 244 g/mol. The van der Waals surface area contributed by atoms with E-state index in [0.29, 0.717) is 24.7 Å². The molecule has 0 saturated carbocycles. The summed E-state index contributed by atoms with van der Waals surface area (Å²) in [6.07, 6.45) is 1.27. The summed E-state index contributed by atoms with van der Waals surface area (Å²) < 4.78 is 10.2. The molecule has 1 aromatic heterocycles. The van der Waals surface area contributed by atoms with Crippen molar-refractivity contribution in [1.29, 1.82) is 0 Å². The summed E-state index contributed by atoms with van der Waals surface area (Å²) in [5.41, 5.74) is 0.322. The molecule has 1 fully saturated rings. The van der Waals surface area contributed by atoms with Gasteiger partial charge in [0.15, 0.2) is 5.69 Å². The first-order chi connectivity index (χ1) is 7.70. The van der Waals surface area contributed by atoms with Crippen molar-refractivity contribution in [2.45, 2.75) is 19.1 Å². The van der Waals surface area contributed by atoms with Gasteiger partial charge in [-0.15, -0.1) is 11.6 Å². The highest BCUT2D eigenvalue weighted by Crippen LogP contribution is 2.14. The van der Waals surface area contributed by atoms with Crippen LogP contribution >= 0.6 is 11.6 Å². The lowest BCUT2D eigenvalue weighted by molar-refractivity contribution is -0.0572. The van der Waals surface area contributed by atoms with Gasteiger partial charge < -0.3 is 14.2 Å². The second-order valence-corrected chi connectivity index (χ2v) is 4.13. The Hall–Kier alpha value is -1.07. The third-order valence-electron chi connectivity index (χ3n) is 2.44. The van der Waals surface area contributed by atoms with Crippen LogP contribution in [0.5, 0.6) is 0 Å². The van der Waals surface area contributed by atoms with Gasteiger partial charge in [0.25, 0.3) is 5.91 Å². The number of halogens is 1. The molecular weight excluding hydrogens is 232 g/mol. The minimum absolute atomic E-state index is 0.00616. The zero-order chi connectivity index (χ0) is 11.5. The lowest BCUT2D eigenvalue weighted by Gasteiger charge is -2.35. The Balaban J connectivity index is 2.06. The Morgan fingerprint density at radius 2 is 2.50 bits per heavy atom. The van der Waals surface area contributed by atoms with Crippen molar-refractivity contribution in [3.8, 4) is 0 Å². The van der Waals surface area contributed by atoms with E-state index in [0.717, 1.165) is 0 Å². The van der Waals surface area contributed by atoms with Gasteiger partial charge in [0.1, 0.15) is 6.26 Å². The number of carbonyl (C=O) groups excluding carboxylic acids is 1. The van der Waals surface area contributed by atoms with Crippen molar-refractivity contribution < 1.29 is 14.1 Å². The van der Waals surface area contributed by atoms with E-state index in [9.17, 15) is 4.79 Å². The highest BCUT2D eigenvalue weighted by molar-refractivity contribution is 6.18. The molecule has 0 aromatic carbocycles. The Labute approximate surface area is 98.3 Å². The van der Waals surface area contributed by atoms with Crippen LogP contribution in [0.3, 0.4) is 0 Å². The van der Waals surface area contributed by atoms with Crippen LogP contribution < -0.4 is 0 Å². The van der Waals surface area contributed by atoms with E-state index in [-0.39, 0.29) is 18.1 Å². The van der Waals surface area contributed by atoms with Gasteiger partial charge >= 0.3 is 0 Å². The van der Waals surface area contributed by atoms with Gasteiger partial charge in [-0.25, -0.2) is 0 Å². The first-order valence-corrected chi connectivity index (χ1v) is 5.65. The average molecular weight is 245 g/mol. The van der Waals surface area contributed by atoms with Crippen molar-refractivity contribution in [2.75, 3.05) is 19.0 Å². The summed E-state index contributed by atoms with van der Waals surface area (Å²) in [5, 5.41) is 3.63. The Bertz CT molecular complexity index is 355. The maximum atomic E-state index is 12.0. The van der Waals surface area contributed by atoms with Crippen molar-refractivity contribution in [2.24, 2.45) is 0 Å². The lowest BCUT2D eigenvalue weighted by atomic mass is 10.2. The Morgan fingerprint density at radius 1 is 1.69 bits per heavy atom. The van der Waals surface area contributed by atoms with Gasteiger partial charge in [-0.2, -0.15) is 0 Å². The van der Waals surface area contributed by atoms with E-state index in [1.165, 1.54) is 6.26 Å². The van der Waals surface area contributed by atoms with Crippen LogP contribution in [0.25, 0.3) is 0 Å². The lowest BCUT2D eigenvalue weighted by Crippen LogP contribution is -2.49. The number of hydrogen-bond donors (Lipinski definition) is 0. The fraction of sp³-hybridized carbons (Fsp3) is 0.600. The van der Waals surface area contributed by atoms with E-state index >= 15 is 0 Å². The van der Waals surface area contributed by atoms with Gasteiger partial charge in [-0.05, 0) is 6.92 Å². The number of rotatable bonds is 2. The number of amides is 1. The third kappa shape index (κ3) is 2.36. The van der Waals surface area contributed by atoms with Gasteiger partial charge in [0, 0.05) is 19.2 Å². The predicted octanol–water partition coefficient (Wildman–Crippen LogP) is 1.14. The minimum atomic E-state index is -0.140. The molecule has 0 radical (unpaired) electrons. The Kier molecular flexibility index (Phi) is 3.46. The maximum Gasteiger partial charge on any atom is 0.276 e. The van der Waals surface area contributed by atoms with Gasteiger partial charge in [0.05, 0.1) is 18.1 Å². The van der Waals surface area contributed by atoms with Crippen molar-refractivity contribution in [3.63, 3.8) is 0 Å². The van der Waals surface area contributed by atoms with Crippen molar-refractivity contribution in [1.82, 2.24) is 10.1 Å². The second-order valence-electron chi connectivity index (χ2n) is 3.82. The molecule has 1 amide bonds. The molecule has 2 atom stereocenters. The predicted molar refractivity (Wildman–Crippen MR) is 57.5 cm³/mol. The van der Waals surface area contributed by atoms with E-state index in [2.05, 4.69) is 9.68 Å². The van der Waals surface area contributed by atoms with E-state index in [1.807, 2.05) is 6.92 Å². The first-order valence-electron chi connectivity index (χ1n) is 5.11. The van der Waals surface area contributed by atoms with Crippen LogP contribution in [0.1, 0.15) is 17.4 Å². The quantitative estimate of drug-likeness (QED) is 0.733. The largest absolute Gasteiger partial charge is 0.370 e. The fourth-order valence-corrected chi connectivity index (χ4v) is 1.95. The zero-order valence-electron chi connectivity index (χ0n) is 8.93. The summed E-state index contributed by atoms with van der Waals surface area (Å²) in [6.45, 7) is 2.97. The molecule has 0 aliphatic carbocycles. The molecule has 1 aliphatic rings. The van der Waals surface area contributed by atoms with Gasteiger partial charge in [-0.1, -0.05) is 5.16 Å². The number of ether oxygens (including phenoxy) is 1. The molecule has 5 nitrogen and oxygen atoms in total. The van der Waals surface area contributed by atoms with Crippen LogP contribution in [0, 0.1) is 0 Å². The molecule has 0 spiro atoms. The number of alkyl halides is 1. The number of morpholine rings is 1. The third-order valence-corrected chi connectivity index (χ3v) is 2.79. The van der Waals surface area contributed by atoms with Crippen LogP contribution in [0.4, 0.5) is 0 Å². The normalized spacial score (nSPS) is 25.8. The standard InChI is InChI=1S/C10H13ClN2O3/c1-7-5-13(6-8(4-11)16-7)10(14)9-2-3-15-12-9/h2-3,7-8H,4-6H2,1H3. The summed E-state index contributed by atoms with van der Waals surface area (Å²) >= 11 is 5.74. The number of carbonyl (C=O) groups is 1. The highest BCUT2D eigenvalue weighted by Gasteiger charge is 2.29. The van der Waals surface area contributed by atoms with Crippen molar-refractivity contribution >= 4 is 17.5 Å². The molecular formula is C10H13ClN2O3. The van der Waals surface area contributed by atoms with Crippen LogP contribution in [0.2, 0.25) is 0 Å². The van der Waals surface area contributed by atoms with E-state index < -0.39 is 0 Å². The molecule has 1 saturated heterocycles. The summed E-state index contributed by atoms with van der Waals surface area (Å²) in [4.78, 5) is 13.7. The van der Waals surface area contributed by atoms with Gasteiger partial charge in [0.2, 0.25) is 0 Å². The summed E-state index contributed by atoms with van der Waals surface area (Å²) in [5.74, 6) is 0.242. The molecule has 88 valence electrons. The molecule has 1 aromatic rings. The topological polar surface area (TPSA) is 55.6 Å². The zero-order valence-corrected chi connectivity index (χ0v) is 9.68. The average Bonchev–Trinajstić information content (AvgIpc) is 2.80. The van der Waals surface area contributed by atoms with Crippen LogP contribution in [-0.4, -0.2) is 47.1 Å². The van der Waals surface area contributed by atoms with Crippen LogP contribution in [-0.2, 0) is 4.74 Å². The summed E-state index contributed by atoms with van der Waals surface area (Å²) in [6, 6.07) is 1.55. The van der Waals surface area contributed by atoms with Gasteiger partial charge in [-0.3, -0.25) is 4.79 Å². The molecule has 0 N–H and O–H groups in total. The minimum Gasteiger partial charge on any atom is -0.370 e. The Morgan fingerprint density at radius 3 is 3.12 bits per heavy atom. The van der Waals surface area contributed by atoms with E-state index in [4.69, 9.17) is 16.3 Å². The molecule has 2 heterocycles. The molecule has 0 bridgehead atoms. The highest BCUT2D eigenvalue weighted by atomic mass is 35.5. The maximum absolute atomic E-state index is 12.0. The smallest absolute Gasteiger partial charge is 0.276 e. The molecule has 1 aliphatic heterocycles. The molecule has 2 unspecified atom stereocenters. The van der Waals surface area contributed by atoms with E-state index in [1.54, 1.807) is 11.0 Å². The fourth-order valence-electron chi connectivity index (χ4n) is 1.78. The SMILES string of the molecule is CC1CN(C(=O)c2ccon2)CC(CCl)O1. The number of aromatic nitrogens is 1.